The van der Waals surface area contributed by atoms with Crippen molar-refractivity contribution < 1.29 is 19.4 Å². The Morgan fingerprint density at radius 3 is 2.24 bits per heavy atom. The van der Waals surface area contributed by atoms with Crippen LogP contribution in [0.15, 0.2) is 24.3 Å². The molecule has 0 aliphatic carbocycles. The molecule has 0 unspecified atom stereocenters. The van der Waals surface area contributed by atoms with Crippen molar-refractivity contribution in [2.45, 2.75) is 32.7 Å². The van der Waals surface area contributed by atoms with Crippen molar-refractivity contribution >= 4 is 5.97 Å². The van der Waals surface area contributed by atoms with Crippen LogP contribution in [-0.2, 0) is 27.5 Å². The molecule has 0 saturated heterocycles. The van der Waals surface area contributed by atoms with Gasteiger partial charge in [0.25, 0.3) is 0 Å². The van der Waals surface area contributed by atoms with E-state index < -0.39 is 11.6 Å². The molecule has 0 amide bonds. The average Bonchev–Trinajstić information content (AvgIpc) is 2.36. The Bertz CT molecular complexity index is 368. The lowest BCUT2D eigenvalue weighted by Gasteiger charge is -2.22. The molecule has 0 fully saturated rings. The number of carbonyl (C=O) groups is 1. The molecule has 0 aliphatic rings. The van der Waals surface area contributed by atoms with Crippen molar-refractivity contribution in [1.29, 1.82) is 0 Å². The zero-order valence-electron chi connectivity index (χ0n) is 10.4. The van der Waals surface area contributed by atoms with Crippen LogP contribution >= 0.6 is 0 Å². The van der Waals surface area contributed by atoms with Gasteiger partial charge >= 0.3 is 5.97 Å². The van der Waals surface area contributed by atoms with Gasteiger partial charge < -0.3 is 14.6 Å². The van der Waals surface area contributed by atoms with Gasteiger partial charge in [-0.1, -0.05) is 24.3 Å². The number of aliphatic hydroxyl groups excluding tert-OH is 1. The van der Waals surface area contributed by atoms with Crippen LogP contribution in [0.4, 0.5) is 0 Å². The normalized spacial score (nSPS) is 11.3. The van der Waals surface area contributed by atoms with E-state index in [0.29, 0.717) is 6.61 Å². The molecule has 1 N–H and O–H groups in total. The minimum absolute atomic E-state index is 0.0226. The van der Waals surface area contributed by atoms with Crippen molar-refractivity contribution in [1.82, 2.24) is 0 Å². The minimum Gasteiger partial charge on any atom is -0.467 e. The number of hydrogen-bond acceptors (Lipinski definition) is 4. The van der Waals surface area contributed by atoms with Crippen molar-refractivity contribution in [3.05, 3.63) is 35.4 Å². The fourth-order valence-electron chi connectivity index (χ4n) is 1.31. The van der Waals surface area contributed by atoms with E-state index in [-0.39, 0.29) is 6.61 Å². The summed E-state index contributed by atoms with van der Waals surface area (Å²) in [5.41, 5.74) is 0.838. The molecule has 0 spiro atoms. The first-order valence-electron chi connectivity index (χ1n) is 5.40. The number of esters is 1. The van der Waals surface area contributed by atoms with Crippen LogP contribution in [0.25, 0.3) is 0 Å². The van der Waals surface area contributed by atoms with E-state index in [0.717, 1.165) is 11.1 Å². The Balaban J connectivity index is 2.57. The summed E-state index contributed by atoms with van der Waals surface area (Å²) in [5.74, 6) is -0.399. The quantitative estimate of drug-likeness (QED) is 0.792. The van der Waals surface area contributed by atoms with Gasteiger partial charge in [0.1, 0.15) is 0 Å². The molecule has 94 valence electrons. The summed E-state index contributed by atoms with van der Waals surface area (Å²) in [6, 6.07) is 7.37. The molecule has 1 rings (SSSR count). The van der Waals surface area contributed by atoms with E-state index >= 15 is 0 Å². The molecule has 4 heteroatoms. The van der Waals surface area contributed by atoms with Crippen molar-refractivity contribution in [2.75, 3.05) is 7.11 Å². The molecule has 4 nitrogen and oxygen atoms in total. The van der Waals surface area contributed by atoms with Crippen LogP contribution < -0.4 is 0 Å². The Labute approximate surface area is 101 Å². The zero-order valence-corrected chi connectivity index (χ0v) is 10.4. The number of hydrogen-bond donors (Lipinski definition) is 1. The van der Waals surface area contributed by atoms with Crippen LogP contribution in [0, 0.1) is 0 Å². The molecule has 0 radical (unpaired) electrons. The topological polar surface area (TPSA) is 55.8 Å². The molecule has 0 heterocycles. The van der Waals surface area contributed by atoms with Crippen molar-refractivity contribution in [3.63, 3.8) is 0 Å². The monoisotopic (exact) mass is 238 g/mol. The summed E-state index contributed by atoms with van der Waals surface area (Å²) in [5, 5.41) is 8.90. The summed E-state index contributed by atoms with van der Waals surface area (Å²) in [6.45, 7) is 3.68. The van der Waals surface area contributed by atoms with Gasteiger partial charge in [-0.3, -0.25) is 0 Å². The number of carbonyl (C=O) groups excluding carboxylic acids is 1. The molecule has 1 aromatic carbocycles. The van der Waals surface area contributed by atoms with Gasteiger partial charge in [0, 0.05) is 0 Å². The fraction of sp³-hybridized carbons (Fsp3) is 0.462. The zero-order chi connectivity index (χ0) is 12.9. The molecule has 0 aromatic heterocycles. The molecule has 0 bridgehead atoms. The third-order valence-electron chi connectivity index (χ3n) is 2.48. The maximum absolute atomic E-state index is 11.4. The molecule has 0 atom stereocenters. The highest BCUT2D eigenvalue weighted by Gasteiger charge is 2.29. The van der Waals surface area contributed by atoms with Crippen molar-refractivity contribution in [2.24, 2.45) is 0 Å². The van der Waals surface area contributed by atoms with Gasteiger partial charge in [-0.25, -0.2) is 4.79 Å². The van der Waals surface area contributed by atoms with Gasteiger partial charge in [-0.2, -0.15) is 0 Å². The lowest BCUT2D eigenvalue weighted by molar-refractivity contribution is -0.166. The maximum atomic E-state index is 11.4. The number of methoxy groups -OCH3 is 1. The highest BCUT2D eigenvalue weighted by atomic mass is 16.6. The van der Waals surface area contributed by atoms with E-state index in [9.17, 15) is 4.79 Å². The van der Waals surface area contributed by atoms with Crippen molar-refractivity contribution in [3.8, 4) is 0 Å². The molecular formula is C13H18O4. The first-order chi connectivity index (χ1) is 7.99. The van der Waals surface area contributed by atoms with Crippen LogP contribution in [0.2, 0.25) is 0 Å². The minimum atomic E-state index is -0.954. The summed E-state index contributed by atoms with van der Waals surface area (Å²) < 4.78 is 10.1. The second-order valence-corrected chi connectivity index (χ2v) is 4.27. The Hall–Kier alpha value is -1.39. The van der Waals surface area contributed by atoms with E-state index in [1.54, 1.807) is 13.8 Å². The largest absolute Gasteiger partial charge is 0.467 e. The van der Waals surface area contributed by atoms with E-state index in [1.165, 1.54) is 7.11 Å². The third-order valence-corrected chi connectivity index (χ3v) is 2.48. The predicted molar refractivity (Wildman–Crippen MR) is 63.2 cm³/mol. The number of rotatable bonds is 5. The van der Waals surface area contributed by atoms with Crippen LogP contribution in [0.3, 0.4) is 0 Å². The lowest BCUT2D eigenvalue weighted by atomic mass is 10.1. The summed E-state index contributed by atoms with van der Waals surface area (Å²) in [7, 11) is 1.34. The van der Waals surface area contributed by atoms with Gasteiger partial charge in [0.2, 0.25) is 0 Å². The summed E-state index contributed by atoms with van der Waals surface area (Å²) in [4.78, 5) is 11.4. The summed E-state index contributed by atoms with van der Waals surface area (Å²) >= 11 is 0. The highest BCUT2D eigenvalue weighted by Crippen LogP contribution is 2.15. The highest BCUT2D eigenvalue weighted by molar-refractivity contribution is 5.78. The van der Waals surface area contributed by atoms with E-state index in [4.69, 9.17) is 9.84 Å². The van der Waals surface area contributed by atoms with Crippen LogP contribution in [-0.4, -0.2) is 23.8 Å². The Kier molecular flexibility index (Phi) is 4.66. The predicted octanol–water partition coefficient (Wildman–Crippen LogP) is 1.65. The summed E-state index contributed by atoms with van der Waals surface area (Å²) in [6.07, 6.45) is 0. The maximum Gasteiger partial charge on any atom is 0.337 e. The van der Waals surface area contributed by atoms with Gasteiger partial charge in [-0.15, -0.1) is 0 Å². The van der Waals surface area contributed by atoms with E-state index in [2.05, 4.69) is 4.74 Å². The average molecular weight is 238 g/mol. The number of aliphatic hydroxyl groups is 1. The van der Waals surface area contributed by atoms with E-state index in [1.807, 2.05) is 24.3 Å². The molecule has 0 saturated carbocycles. The molecule has 0 aliphatic heterocycles. The number of benzene rings is 1. The first-order valence-corrected chi connectivity index (χ1v) is 5.40. The second-order valence-electron chi connectivity index (χ2n) is 4.27. The molecule has 1 aromatic rings. The smallest absolute Gasteiger partial charge is 0.337 e. The fourth-order valence-corrected chi connectivity index (χ4v) is 1.31. The van der Waals surface area contributed by atoms with Gasteiger partial charge in [-0.05, 0) is 25.0 Å². The lowest BCUT2D eigenvalue weighted by Crippen LogP contribution is -2.35. The Morgan fingerprint density at radius 1 is 1.24 bits per heavy atom. The molecule has 17 heavy (non-hydrogen) atoms. The van der Waals surface area contributed by atoms with Gasteiger partial charge in [0.15, 0.2) is 5.60 Å². The molecular weight excluding hydrogens is 220 g/mol. The number of ether oxygens (including phenoxy) is 2. The first kappa shape index (κ1) is 13.7. The second kappa shape index (κ2) is 5.80. The Morgan fingerprint density at radius 2 is 1.76 bits per heavy atom. The standard InChI is InChI=1S/C13H18O4/c1-13(2,12(15)16-3)17-9-11-6-4-10(8-14)5-7-11/h4-7,14H,8-9H2,1-3H3. The van der Waals surface area contributed by atoms with Gasteiger partial charge in [0.05, 0.1) is 20.3 Å². The third kappa shape index (κ3) is 3.84. The SMILES string of the molecule is COC(=O)C(C)(C)OCc1ccc(CO)cc1. The van der Waals surface area contributed by atoms with Crippen LogP contribution in [0.1, 0.15) is 25.0 Å². The van der Waals surface area contributed by atoms with Crippen LogP contribution in [0.5, 0.6) is 0 Å².